The van der Waals surface area contributed by atoms with Crippen LogP contribution < -0.4 is 20.1 Å². The number of hydrogen-bond acceptors (Lipinski definition) is 8. The lowest BCUT2D eigenvalue weighted by atomic mass is 9.97. The van der Waals surface area contributed by atoms with E-state index < -0.39 is 5.82 Å². The fraction of sp³-hybridized carbons (Fsp3) is 0.267. The third kappa shape index (κ3) is 6.65. The third-order valence-electron chi connectivity index (χ3n) is 6.31. The Morgan fingerprint density at radius 2 is 1.18 bits per heavy atom. The van der Waals surface area contributed by atoms with Crippen LogP contribution in [-0.4, -0.2) is 60.7 Å². The van der Waals surface area contributed by atoms with Crippen molar-refractivity contribution in [1.29, 1.82) is 0 Å². The predicted octanol–water partition coefficient (Wildman–Crippen LogP) is 4.56. The number of nitrogens with one attached hydrogen (secondary N) is 2. The molecule has 4 aromatic rings. The first kappa shape index (κ1) is 29.6. The smallest absolute Gasteiger partial charge is 0.218 e. The summed E-state index contributed by atoms with van der Waals surface area (Å²) in [7, 11) is 3.09. The summed E-state index contributed by atoms with van der Waals surface area (Å²) in [5, 5.41) is 24.3. The maximum Gasteiger partial charge on any atom is 0.218 e. The second kappa shape index (κ2) is 14.3. The summed E-state index contributed by atoms with van der Waals surface area (Å²) in [4.78, 5) is 9.24. The standard InChI is InChI=1S/C30H32BrFN4O4/c1-39-29-19(17-33-13-15-37)9-11-25(35-29)23-7-3-5-21(27(23)31)22-6-4-8-24(28(22)32)26-12-10-20(18-34-14-16-38)30(36-26)40-2/h3-12,33-34,37-38H,13-18H2,1-2H3. The highest BCUT2D eigenvalue weighted by Gasteiger charge is 2.19. The molecular formula is C30H32BrFN4O4. The van der Waals surface area contributed by atoms with Crippen LogP contribution in [0.15, 0.2) is 65.1 Å². The summed E-state index contributed by atoms with van der Waals surface area (Å²) in [5.41, 5.74) is 5.02. The van der Waals surface area contributed by atoms with Gasteiger partial charge in [-0.2, -0.15) is 0 Å². The lowest BCUT2D eigenvalue weighted by molar-refractivity contribution is 0.291. The van der Waals surface area contributed by atoms with E-state index in [1.165, 1.54) is 7.11 Å². The van der Waals surface area contributed by atoms with E-state index in [0.29, 0.717) is 70.5 Å². The first-order valence-corrected chi connectivity index (χ1v) is 13.6. The minimum absolute atomic E-state index is 0.0282. The SMILES string of the molecule is COc1nc(-c2cccc(-c3cccc(-c4ccc(CNCCO)c(OC)n4)c3Br)c2F)ccc1CNCCO. The maximum absolute atomic E-state index is 16.1. The normalized spacial score (nSPS) is 11.1. The summed E-state index contributed by atoms with van der Waals surface area (Å²) in [6, 6.07) is 18.3. The highest BCUT2D eigenvalue weighted by molar-refractivity contribution is 9.10. The van der Waals surface area contributed by atoms with Gasteiger partial charge >= 0.3 is 0 Å². The molecule has 0 saturated carbocycles. The van der Waals surface area contributed by atoms with E-state index >= 15 is 4.39 Å². The minimum atomic E-state index is -0.406. The number of rotatable bonds is 13. The summed E-state index contributed by atoms with van der Waals surface area (Å²) < 4.78 is 27.7. The molecular weight excluding hydrogens is 579 g/mol. The van der Waals surface area contributed by atoms with Crippen LogP contribution in [-0.2, 0) is 13.1 Å². The van der Waals surface area contributed by atoms with Crippen LogP contribution in [0.5, 0.6) is 11.8 Å². The average Bonchev–Trinajstić information content (AvgIpc) is 2.98. The second-order valence-corrected chi connectivity index (χ2v) is 9.66. The first-order valence-electron chi connectivity index (χ1n) is 12.8. The van der Waals surface area contributed by atoms with Crippen LogP contribution in [0.4, 0.5) is 4.39 Å². The van der Waals surface area contributed by atoms with Crippen molar-refractivity contribution in [3.63, 3.8) is 0 Å². The van der Waals surface area contributed by atoms with Gasteiger partial charge in [0.1, 0.15) is 5.82 Å². The molecule has 4 rings (SSSR count). The van der Waals surface area contributed by atoms with Crippen LogP contribution in [0.3, 0.4) is 0 Å². The number of aliphatic hydroxyl groups excluding tert-OH is 2. The van der Waals surface area contributed by atoms with E-state index in [0.717, 1.165) is 16.7 Å². The average molecular weight is 612 g/mol. The van der Waals surface area contributed by atoms with Gasteiger partial charge in [-0.15, -0.1) is 0 Å². The Hall–Kier alpha value is -3.41. The molecule has 0 amide bonds. The molecule has 0 radical (unpaired) electrons. The van der Waals surface area contributed by atoms with Crippen LogP contribution >= 0.6 is 15.9 Å². The number of halogens is 2. The van der Waals surface area contributed by atoms with Gasteiger partial charge < -0.3 is 30.3 Å². The molecule has 0 spiro atoms. The van der Waals surface area contributed by atoms with Crippen LogP contribution in [0.1, 0.15) is 11.1 Å². The van der Waals surface area contributed by atoms with Crippen molar-refractivity contribution in [1.82, 2.24) is 20.6 Å². The molecule has 0 fully saturated rings. The second-order valence-electron chi connectivity index (χ2n) is 8.86. The molecule has 0 aliphatic rings. The van der Waals surface area contributed by atoms with Crippen LogP contribution in [0, 0.1) is 5.82 Å². The summed E-state index contributed by atoms with van der Waals surface area (Å²) in [6.45, 7) is 1.97. The minimum Gasteiger partial charge on any atom is -0.481 e. The Bertz CT molecular complexity index is 1340. The number of ether oxygens (including phenoxy) is 2. The van der Waals surface area contributed by atoms with Crippen molar-refractivity contribution in [2.45, 2.75) is 13.1 Å². The summed E-state index contributed by atoms with van der Waals surface area (Å²) in [5.74, 6) is 0.464. The van der Waals surface area contributed by atoms with Crippen molar-refractivity contribution in [3.8, 4) is 45.4 Å². The molecule has 0 bridgehead atoms. The maximum atomic E-state index is 16.1. The van der Waals surface area contributed by atoms with E-state index in [2.05, 4.69) is 36.5 Å². The van der Waals surface area contributed by atoms with E-state index in [1.807, 2.05) is 36.4 Å². The lowest BCUT2D eigenvalue weighted by Gasteiger charge is -2.15. The number of benzene rings is 2. The lowest BCUT2D eigenvalue weighted by Crippen LogP contribution is -2.18. The Kier molecular flexibility index (Phi) is 10.6. The molecule has 2 aromatic carbocycles. The van der Waals surface area contributed by atoms with Gasteiger partial charge in [-0.3, -0.25) is 0 Å². The van der Waals surface area contributed by atoms with Gasteiger partial charge in [0.15, 0.2) is 0 Å². The van der Waals surface area contributed by atoms with Gasteiger partial charge in [-0.05, 0) is 39.7 Å². The molecule has 0 aliphatic carbocycles. The molecule has 0 saturated heterocycles. The fourth-order valence-electron chi connectivity index (χ4n) is 4.34. The number of aromatic nitrogens is 2. The largest absolute Gasteiger partial charge is 0.481 e. The topological polar surface area (TPSA) is 109 Å². The van der Waals surface area contributed by atoms with Gasteiger partial charge in [0.2, 0.25) is 11.8 Å². The molecule has 2 aromatic heterocycles. The molecule has 40 heavy (non-hydrogen) atoms. The summed E-state index contributed by atoms with van der Waals surface area (Å²) >= 11 is 3.70. The number of aliphatic hydroxyl groups is 2. The quantitative estimate of drug-likeness (QED) is 0.163. The number of pyridine rings is 2. The van der Waals surface area contributed by atoms with Gasteiger partial charge in [0.25, 0.3) is 0 Å². The molecule has 10 heteroatoms. The van der Waals surface area contributed by atoms with Crippen LogP contribution in [0.25, 0.3) is 33.6 Å². The van der Waals surface area contributed by atoms with Crippen molar-refractivity contribution < 1.29 is 24.1 Å². The summed E-state index contributed by atoms with van der Waals surface area (Å²) in [6.07, 6.45) is 0. The van der Waals surface area contributed by atoms with E-state index in [4.69, 9.17) is 19.7 Å². The molecule has 0 aliphatic heterocycles. The van der Waals surface area contributed by atoms with Gasteiger partial charge in [0.05, 0.1) is 38.8 Å². The monoisotopic (exact) mass is 610 g/mol. The molecule has 210 valence electrons. The van der Waals surface area contributed by atoms with Gasteiger partial charge in [0, 0.05) is 58.5 Å². The zero-order valence-electron chi connectivity index (χ0n) is 22.4. The number of nitrogens with zero attached hydrogens (tertiary/aromatic N) is 2. The fourth-order valence-corrected chi connectivity index (χ4v) is 5.02. The Morgan fingerprint density at radius 1 is 0.700 bits per heavy atom. The highest BCUT2D eigenvalue weighted by Crippen LogP contribution is 2.40. The highest BCUT2D eigenvalue weighted by atomic mass is 79.9. The van der Waals surface area contributed by atoms with Gasteiger partial charge in [-0.25, -0.2) is 14.4 Å². The predicted molar refractivity (Wildman–Crippen MR) is 157 cm³/mol. The number of methoxy groups -OCH3 is 2. The van der Waals surface area contributed by atoms with E-state index in [-0.39, 0.29) is 13.2 Å². The third-order valence-corrected chi connectivity index (χ3v) is 7.17. The van der Waals surface area contributed by atoms with E-state index in [9.17, 15) is 0 Å². The molecule has 8 nitrogen and oxygen atoms in total. The Labute approximate surface area is 241 Å². The van der Waals surface area contributed by atoms with E-state index in [1.54, 1.807) is 31.4 Å². The zero-order valence-corrected chi connectivity index (χ0v) is 24.0. The van der Waals surface area contributed by atoms with Gasteiger partial charge in [-0.1, -0.05) is 42.5 Å². The Morgan fingerprint density at radius 3 is 1.70 bits per heavy atom. The number of hydrogen-bond donors (Lipinski definition) is 4. The molecule has 2 heterocycles. The van der Waals surface area contributed by atoms with Crippen molar-refractivity contribution >= 4 is 15.9 Å². The first-order chi connectivity index (χ1) is 19.5. The van der Waals surface area contributed by atoms with Crippen molar-refractivity contribution in [2.24, 2.45) is 0 Å². The Balaban J connectivity index is 1.69. The molecule has 0 unspecified atom stereocenters. The molecule has 0 atom stereocenters. The van der Waals surface area contributed by atoms with Crippen LogP contribution in [0.2, 0.25) is 0 Å². The van der Waals surface area contributed by atoms with Crippen molar-refractivity contribution in [2.75, 3.05) is 40.5 Å². The van der Waals surface area contributed by atoms with Crippen molar-refractivity contribution in [3.05, 3.63) is 82.1 Å². The molecule has 4 N–H and O–H groups in total. The zero-order chi connectivity index (χ0) is 28.5.